The van der Waals surface area contributed by atoms with Crippen molar-refractivity contribution >= 4 is 15.7 Å². The first kappa shape index (κ1) is 33.2. The van der Waals surface area contributed by atoms with Gasteiger partial charge in [0, 0.05) is 17.8 Å². The Balaban J connectivity index is 1.23. The van der Waals surface area contributed by atoms with E-state index in [9.17, 15) is 48.6 Å². The normalized spacial score (nSPS) is 32.7. The van der Waals surface area contributed by atoms with E-state index in [4.69, 9.17) is 4.74 Å². The number of benzene rings is 2. The summed E-state index contributed by atoms with van der Waals surface area (Å²) < 4.78 is 141. The van der Waals surface area contributed by atoms with E-state index in [-0.39, 0.29) is 25.0 Å². The minimum Gasteiger partial charge on any atom is -0.435 e. The summed E-state index contributed by atoms with van der Waals surface area (Å²) in [4.78, 5) is 1.94. The molecule has 2 bridgehead atoms. The number of nitrogens with zero attached hydrogens (tertiary/aromatic N) is 1. The topological polar surface area (TPSA) is 91.4 Å². The van der Waals surface area contributed by atoms with Crippen LogP contribution in [0, 0.1) is 11.3 Å². The lowest BCUT2D eigenvalue weighted by molar-refractivity contribution is -0.300. The third-order valence-corrected chi connectivity index (χ3v) is 11.5. The molecule has 16 heteroatoms. The van der Waals surface area contributed by atoms with Crippen molar-refractivity contribution in [3.8, 4) is 16.9 Å². The van der Waals surface area contributed by atoms with Gasteiger partial charge in [0.1, 0.15) is 11.9 Å². The minimum atomic E-state index is -5.53. The van der Waals surface area contributed by atoms with E-state index in [1.54, 1.807) is 30.3 Å². The van der Waals surface area contributed by atoms with E-state index in [0.717, 1.165) is 0 Å². The van der Waals surface area contributed by atoms with Crippen LogP contribution in [0.1, 0.15) is 51.4 Å². The van der Waals surface area contributed by atoms with Crippen LogP contribution in [-0.2, 0) is 14.8 Å². The van der Waals surface area contributed by atoms with Crippen LogP contribution in [0.15, 0.2) is 48.5 Å². The number of aliphatic hydroxyl groups is 1. The summed E-state index contributed by atoms with van der Waals surface area (Å²) in [6.45, 7) is -2.62. The molecular formula is C30H32F8N2O5S. The van der Waals surface area contributed by atoms with Crippen molar-refractivity contribution in [2.75, 3.05) is 11.4 Å². The van der Waals surface area contributed by atoms with E-state index >= 15 is 0 Å². The van der Waals surface area contributed by atoms with Crippen molar-refractivity contribution in [2.45, 2.75) is 93.1 Å². The smallest absolute Gasteiger partial charge is 0.435 e. The van der Waals surface area contributed by atoms with Crippen LogP contribution in [-0.4, -0.2) is 61.8 Å². The molecule has 1 saturated heterocycles. The molecule has 1 unspecified atom stereocenters. The lowest BCUT2D eigenvalue weighted by Gasteiger charge is -2.54. The second-order valence-corrected chi connectivity index (χ2v) is 14.8. The molecule has 0 radical (unpaired) electrons. The summed E-state index contributed by atoms with van der Waals surface area (Å²) in [5, 5.41) is 10.0. The number of rotatable bonds is 10. The Bertz CT molecular complexity index is 1520. The first-order chi connectivity index (χ1) is 21.3. The van der Waals surface area contributed by atoms with Crippen LogP contribution in [0.25, 0.3) is 11.1 Å². The zero-order valence-corrected chi connectivity index (χ0v) is 25.1. The molecule has 0 amide bonds. The molecule has 254 valence electrons. The molecule has 46 heavy (non-hydrogen) atoms. The predicted octanol–water partition coefficient (Wildman–Crippen LogP) is 6.72. The number of ether oxygens (including phenoxy) is 2. The van der Waals surface area contributed by atoms with Gasteiger partial charge in [0.05, 0.1) is 0 Å². The van der Waals surface area contributed by atoms with E-state index in [1.165, 1.54) is 12.1 Å². The fraction of sp³-hybridized carbons (Fsp3) is 0.600. The molecular weight excluding hydrogens is 652 g/mol. The summed E-state index contributed by atoms with van der Waals surface area (Å²) >= 11 is 0. The fourth-order valence-electron chi connectivity index (χ4n) is 7.36. The van der Waals surface area contributed by atoms with Gasteiger partial charge in [-0.3, -0.25) is 0 Å². The Kier molecular flexibility index (Phi) is 8.08. The predicted molar refractivity (Wildman–Crippen MR) is 149 cm³/mol. The maximum Gasteiger partial charge on any atom is 0.511 e. The highest BCUT2D eigenvalue weighted by molar-refractivity contribution is 7.90. The number of sulfonamides is 1. The highest BCUT2D eigenvalue weighted by Crippen LogP contribution is 2.57. The Morgan fingerprint density at radius 1 is 0.935 bits per heavy atom. The quantitative estimate of drug-likeness (QED) is 0.213. The van der Waals surface area contributed by atoms with E-state index in [1.807, 2.05) is 15.7 Å². The van der Waals surface area contributed by atoms with E-state index in [0.29, 0.717) is 42.6 Å². The number of hydrogen-bond acceptors (Lipinski definition) is 6. The van der Waals surface area contributed by atoms with Crippen LogP contribution in [0.2, 0.25) is 0 Å². The average Bonchev–Trinajstić information content (AvgIpc) is 3.74. The molecule has 5 fully saturated rings. The number of fused-ring (bicyclic) bond motifs is 3. The van der Waals surface area contributed by atoms with Gasteiger partial charge in [-0.15, -0.1) is 0 Å². The summed E-state index contributed by atoms with van der Waals surface area (Å²) in [6.07, 6.45) is -5.11. The maximum absolute atomic E-state index is 13.3. The summed E-state index contributed by atoms with van der Waals surface area (Å²) in [5.74, 6) is -0.559. The largest absolute Gasteiger partial charge is 0.511 e. The molecule has 0 spiro atoms. The molecule has 1 aliphatic heterocycles. The molecule has 5 aliphatic rings. The van der Waals surface area contributed by atoms with Gasteiger partial charge in [-0.1, -0.05) is 24.3 Å². The van der Waals surface area contributed by atoms with Crippen molar-refractivity contribution in [1.29, 1.82) is 0 Å². The highest BCUT2D eigenvalue weighted by Gasteiger charge is 2.67. The van der Waals surface area contributed by atoms with Crippen molar-refractivity contribution < 1.29 is 58.1 Å². The zero-order chi connectivity index (χ0) is 33.3. The van der Waals surface area contributed by atoms with Gasteiger partial charge in [0.25, 0.3) is 0 Å². The molecule has 2 aromatic rings. The van der Waals surface area contributed by atoms with Gasteiger partial charge in [-0.2, -0.15) is 35.1 Å². The summed E-state index contributed by atoms with van der Waals surface area (Å²) in [7, 11) is -5.53. The molecule has 7 nitrogen and oxygen atoms in total. The molecule has 1 heterocycles. The maximum atomic E-state index is 13.3. The number of halogens is 8. The average molecular weight is 685 g/mol. The molecule has 7 rings (SSSR count). The minimum absolute atomic E-state index is 0.0210. The standard InChI is InChI=1S/C30H32F8N2O5S/c31-25(32)44-22-6-4-18(5-7-22)19-2-1-3-21(14-19)40(24-23(45-24)20-15-28(41,16-20)29(33,34)35)17-26-8-11-27(12-9-26,13-10-26)39-46(42,43)30(36,37)38/h1-7,14,20,23-25,39,41H,8-13,15-17H2/t20?,23-,24?,26?,27?,28?/m0/s1. The van der Waals surface area contributed by atoms with Gasteiger partial charge >= 0.3 is 28.3 Å². The highest BCUT2D eigenvalue weighted by atomic mass is 32.2. The number of nitrogens with one attached hydrogen (secondary N) is 1. The third kappa shape index (κ3) is 6.29. The molecule has 0 aromatic heterocycles. The monoisotopic (exact) mass is 684 g/mol. The molecule has 2 atom stereocenters. The van der Waals surface area contributed by atoms with Crippen molar-refractivity contribution in [3.05, 3.63) is 48.5 Å². The zero-order valence-electron chi connectivity index (χ0n) is 24.3. The second kappa shape index (κ2) is 11.2. The fourth-order valence-corrected chi connectivity index (χ4v) is 8.35. The van der Waals surface area contributed by atoms with Gasteiger partial charge < -0.3 is 19.5 Å². The lowest BCUT2D eigenvalue weighted by atomic mass is 9.57. The summed E-state index contributed by atoms with van der Waals surface area (Å²) in [6, 6.07) is 13.2. The Hall–Kier alpha value is -2.69. The molecule has 2 N–H and O–H groups in total. The van der Waals surface area contributed by atoms with E-state index < -0.39 is 76.0 Å². The van der Waals surface area contributed by atoms with Crippen LogP contribution in [0.4, 0.5) is 40.8 Å². The number of hydrogen-bond donors (Lipinski definition) is 2. The molecule has 4 aliphatic carbocycles. The molecule has 4 saturated carbocycles. The van der Waals surface area contributed by atoms with Crippen LogP contribution in [0.5, 0.6) is 5.75 Å². The van der Waals surface area contributed by atoms with Gasteiger partial charge in [0.2, 0.25) is 0 Å². The lowest BCUT2D eigenvalue weighted by Crippen LogP contribution is -2.60. The number of anilines is 1. The Labute approximate surface area is 259 Å². The Morgan fingerprint density at radius 2 is 1.54 bits per heavy atom. The van der Waals surface area contributed by atoms with Gasteiger partial charge in [-0.05, 0) is 98.1 Å². The Morgan fingerprint density at radius 3 is 2.09 bits per heavy atom. The SMILES string of the molecule is O=S(=O)(NC12CCC(CN(c3cccc(-c4ccc(OC(F)F)cc4)c3)C3O[C@H]3C3CC(O)(C(F)(F)F)C3)(CC1)CC2)C(F)(F)F. The van der Waals surface area contributed by atoms with Crippen LogP contribution < -0.4 is 14.4 Å². The van der Waals surface area contributed by atoms with Crippen molar-refractivity contribution in [2.24, 2.45) is 11.3 Å². The summed E-state index contributed by atoms with van der Waals surface area (Å²) in [5.41, 5.74) is -7.75. The van der Waals surface area contributed by atoms with E-state index in [2.05, 4.69) is 4.74 Å². The number of epoxide rings is 1. The van der Waals surface area contributed by atoms with Gasteiger partial charge in [0.15, 0.2) is 11.8 Å². The third-order valence-electron chi connectivity index (χ3n) is 10.2. The van der Waals surface area contributed by atoms with Crippen molar-refractivity contribution in [3.63, 3.8) is 0 Å². The van der Waals surface area contributed by atoms with Crippen LogP contribution in [0.3, 0.4) is 0 Å². The molecule has 2 aromatic carbocycles. The first-order valence-corrected chi connectivity index (χ1v) is 16.3. The number of alkyl halides is 8. The van der Waals surface area contributed by atoms with Gasteiger partial charge in [-0.25, -0.2) is 13.1 Å². The second-order valence-electron chi connectivity index (χ2n) is 13.1. The van der Waals surface area contributed by atoms with Crippen LogP contribution >= 0.6 is 0 Å². The first-order valence-electron chi connectivity index (χ1n) is 14.8. The van der Waals surface area contributed by atoms with Crippen molar-refractivity contribution in [1.82, 2.24) is 4.72 Å².